The predicted molar refractivity (Wildman–Crippen MR) is 74.1 cm³/mol. The van der Waals surface area contributed by atoms with E-state index in [-0.39, 0.29) is 5.76 Å². The first-order valence-electron chi connectivity index (χ1n) is 5.48. The van der Waals surface area contributed by atoms with E-state index in [0.717, 1.165) is 10.0 Å². The lowest BCUT2D eigenvalue weighted by Gasteiger charge is -2.08. The van der Waals surface area contributed by atoms with Gasteiger partial charge >= 0.3 is 6.03 Å². The average Bonchev–Trinajstić information content (AvgIpc) is 2.86. The van der Waals surface area contributed by atoms with Gasteiger partial charge in [-0.25, -0.2) is 4.79 Å². The summed E-state index contributed by atoms with van der Waals surface area (Å²) in [6.07, 6.45) is 1.36. The number of urea groups is 1. The van der Waals surface area contributed by atoms with E-state index >= 15 is 0 Å². The molecule has 1 aromatic heterocycles. The van der Waals surface area contributed by atoms with Gasteiger partial charge < -0.3 is 9.73 Å². The summed E-state index contributed by atoms with van der Waals surface area (Å²) in [7, 11) is 0. The summed E-state index contributed by atoms with van der Waals surface area (Å²) >= 11 is 3.33. The average molecular weight is 323 g/mol. The third-order valence-corrected chi connectivity index (χ3v) is 3.00. The second-order valence-corrected chi connectivity index (χ2v) is 4.72. The lowest BCUT2D eigenvalue weighted by Crippen LogP contribution is -2.34. The van der Waals surface area contributed by atoms with Gasteiger partial charge in [0.05, 0.1) is 12.0 Å². The minimum atomic E-state index is -0.619. The van der Waals surface area contributed by atoms with Crippen LogP contribution in [0.25, 0.3) is 0 Å². The number of imide groups is 1. The van der Waals surface area contributed by atoms with Gasteiger partial charge in [-0.3, -0.25) is 10.1 Å². The number of carbonyl (C=O) groups excluding carboxylic acids is 2. The number of hydrogen-bond acceptors (Lipinski definition) is 3. The Bertz CT molecular complexity index is 608. The van der Waals surface area contributed by atoms with Crippen molar-refractivity contribution in [1.29, 1.82) is 0 Å². The Morgan fingerprint density at radius 2 is 2.05 bits per heavy atom. The molecule has 2 N–H and O–H groups in total. The summed E-state index contributed by atoms with van der Waals surface area (Å²) in [6, 6.07) is 7.90. The molecule has 0 aliphatic rings. The van der Waals surface area contributed by atoms with Gasteiger partial charge in [0.1, 0.15) is 0 Å². The van der Waals surface area contributed by atoms with Gasteiger partial charge in [-0.15, -0.1) is 0 Å². The lowest BCUT2D eigenvalue weighted by molar-refractivity contribution is 0.0940. The Kier molecular flexibility index (Phi) is 4.01. The van der Waals surface area contributed by atoms with Crippen LogP contribution in [0.2, 0.25) is 0 Å². The molecule has 2 aromatic rings. The first kappa shape index (κ1) is 13.4. The third kappa shape index (κ3) is 3.45. The molecule has 2 rings (SSSR count). The normalized spacial score (nSPS) is 10.0. The van der Waals surface area contributed by atoms with Crippen LogP contribution in [0, 0.1) is 6.92 Å². The molecule has 0 spiro atoms. The fourth-order valence-electron chi connectivity index (χ4n) is 1.45. The van der Waals surface area contributed by atoms with Crippen molar-refractivity contribution in [3.8, 4) is 0 Å². The van der Waals surface area contributed by atoms with Crippen LogP contribution in [-0.4, -0.2) is 11.9 Å². The molecule has 0 saturated carbocycles. The van der Waals surface area contributed by atoms with E-state index < -0.39 is 11.9 Å². The zero-order chi connectivity index (χ0) is 13.8. The number of benzene rings is 1. The maximum atomic E-state index is 11.6. The number of hydrogen-bond donors (Lipinski definition) is 2. The number of rotatable bonds is 2. The van der Waals surface area contributed by atoms with E-state index in [1.165, 1.54) is 12.3 Å². The van der Waals surface area contributed by atoms with Crippen LogP contribution in [0.3, 0.4) is 0 Å². The molecule has 0 aliphatic carbocycles. The summed E-state index contributed by atoms with van der Waals surface area (Å²) in [5.74, 6) is -0.510. The molecular formula is C13H11BrN2O3. The number of anilines is 1. The molecule has 3 amide bonds. The number of furan rings is 1. The zero-order valence-corrected chi connectivity index (χ0v) is 11.7. The first-order chi connectivity index (χ1) is 9.06. The summed E-state index contributed by atoms with van der Waals surface area (Å²) in [5, 5.41) is 4.74. The van der Waals surface area contributed by atoms with E-state index in [1.807, 2.05) is 19.1 Å². The molecule has 1 heterocycles. The Morgan fingerprint density at radius 3 is 2.68 bits per heavy atom. The Labute approximate surface area is 118 Å². The standard InChI is InChI=1S/C13H11BrN2O3/c1-8-4-5-10(9(14)7-8)15-13(18)16-12(17)11-3-2-6-19-11/h2-7H,1H3,(H2,15,16,17,18). The number of halogens is 1. The Balaban J connectivity index is 2.00. The maximum Gasteiger partial charge on any atom is 0.326 e. The highest BCUT2D eigenvalue weighted by atomic mass is 79.9. The molecule has 19 heavy (non-hydrogen) atoms. The van der Waals surface area contributed by atoms with E-state index in [0.29, 0.717) is 5.69 Å². The van der Waals surface area contributed by atoms with Crippen LogP contribution in [0.15, 0.2) is 45.5 Å². The van der Waals surface area contributed by atoms with Gasteiger partial charge in [-0.1, -0.05) is 6.07 Å². The molecule has 0 radical (unpaired) electrons. The molecule has 0 fully saturated rings. The summed E-state index contributed by atoms with van der Waals surface area (Å²) in [6.45, 7) is 1.94. The van der Waals surface area contributed by atoms with Crippen molar-refractivity contribution in [3.05, 3.63) is 52.4 Å². The summed E-state index contributed by atoms with van der Waals surface area (Å²) < 4.78 is 5.63. The zero-order valence-electron chi connectivity index (χ0n) is 10.1. The van der Waals surface area contributed by atoms with Gasteiger partial charge in [0.15, 0.2) is 5.76 Å². The second kappa shape index (κ2) is 5.71. The van der Waals surface area contributed by atoms with Gasteiger partial charge in [-0.05, 0) is 52.7 Å². The van der Waals surface area contributed by atoms with Crippen molar-refractivity contribution < 1.29 is 14.0 Å². The molecule has 5 nitrogen and oxygen atoms in total. The predicted octanol–water partition coefficient (Wildman–Crippen LogP) is 3.31. The molecule has 1 aromatic carbocycles. The minimum Gasteiger partial charge on any atom is -0.459 e. The van der Waals surface area contributed by atoms with Crippen molar-refractivity contribution in [2.45, 2.75) is 6.92 Å². The maximum absolute atomic E-state index is 11.6. The Hall–Kier alpha value is -2.08. The van der Waals surface area contributed by atoms with Crippen molar-refractivity contribution in [3.63, 3.8) is 0 Å². The number of nitrogens with one attached hydrogen (secondary N) is 2. The van der Waals surface area contributed by atoms with Crippen LogP contribution in [0.1, 0.15) is 16.1 Å². The van der Waals surface area contributed by atoms with Crippen LogP contribution in [-0.2, 0) is 0 Å². The molecule has 6 heteroatoms. The first-order valence-corrected chi connectivity index (χ1v) is 6.27. The van der Waals surface area contributed by atoms with Gasteiger partial charge in [-0.2, -0.15) is 0 Å². The molecule has 0 saturated heterocycles. The minimum absolute atomic E-state index is 0.0816. The second-order valence-electron chi connectivity index (χ2n) is 3.87. The number of carbonyl (C=O) groups is 2. The van der Waals surface area contributed by atoms with Crippen LogP contribution >= 0.6 is 15.9 Å². The molecular weight excluding hydrogens is 312 g/mol. The van der Waals surface area contributed by atoms with Crippen LogP contribution in [0.5, 0.6) is 0 Å². The highest BCUT2D eigenvalue weighted by Crippen LogP contribution is 2.23. The van der Waals surface area contributed by atoms with Crippen LogP contribution in [0.4, 0.5) is 10.5 Å². The molecule has 0 unspecified atom stereocenters. The van der Waals surface area contributed by atoms with Crippen molar-refractivity contribution in [1.82, 2.24) is 5.32 Å². The van der Waals surface area contributed by atoms with E-state index in [9.17, 15) is 9.59 Å². The number of aryl methyl sites for hydroxylation is 1. The summed E-state index contributed by atoms with van der Waals surface area (Å²) in [5.41, 5.74) is 1.64. The molecule has 0 bridgehead atoms. The van der Waals surface area contributed by atoms with E-state index in [4.69, 9.17) is 4.42 Å². The topological polar surface area (TPSA) is 71.3 Å². The number of amides is 3. The monoisotopic (exact) mass is 322 g/mol. The molecule has 98 valence electrons. The highest BCUT2D eigenvalue weighted by Gasteiger charge is 2.13. The van der Waals surface area contributed by atoms with E-state index in [1.54, 1.807) is 12.1 Å². The molecule has 0 atom stereocenters. The SMILES string of the molecule is Cc1ccc(NC(=O)NC(=O)c2ccco2)c(Br)c1. The van der Waals surface area contributed by atoms with Crippen LogP contribution < -0.4 is 10.6 Å². The summed E-state index contributed by atoms with van der Waals surface area (Å²) in [4.78, 5) is 23.2. The fourth-order valence-corrected chi connectivity index (χ4v) is 2.04. The molecule has 0 aliphatic heterocycles. The van der Waals surface area contributed by atoms with E-state index in [2.05, 4.69) is 26.6 Å². The quantitative estimate of drug-likeness (QED) is 0.891. The fraction of sp³-hybridized carbons (Fsp3) is 0.0769. The smallest absolute Gasteiger partial charge is 0.326 e. The van der Waals surface area contributed by atoms with Crippen molar-refractivity contribution in [2.24, 2.45) is 0 Å². The van der Waals surface area contributed by atoms with Gasteiger partial charge in [0.2, 0.25) is 0 Å². The highest BCUT2D eigenvalue weighted by molar-refractivity contribution is 9.10. The largest absolute Gasteiger partial charge is 0.459 e. The lowest BCUT2D eigenvalue weighted by atomic mass is 10.2. The Morgan fingerprint density at radius 1 is 1.26 bits per heavy atom. The van der Waals surface area contributed by atoms with Gasteiger partial charge in [0, 0.05) is 4.47 Å². The van der Waals surface area contributed by atoms with Gasteiger partial charge in [0.25, 0.3) is 5.91 Å². The van der Waals surface area contributed by atoms with Crippen molar-refractivity contribution in [2.75, 3.05) is 5.32 Å². The van der Waals surface area contributed by atoms with Crippen molar-refractivity contribution >= 4 is 33.6 Å². The third-order valence-electron chi connectivity index (χ3n) is 2.34.